The molecule has 1 aliphatic rings. The molecular formula is C18H19ClN2O4S. The average Bonchev–Trinajstić information content (AvgIpc) is 2.97. The van der Waals surface area contributed by atoms with E-state index in [0.29, 0.717) is 22.7 Å². The number of aliphatic carboxylic acids is 1. The SMILES string of the molecule is O=C(CC1(C(=O)O)CCCCC1)NNC(=O)c1sc2ccccc2c1Cl. The second kappa shape index (κ2) is 7.63. The van der Waals surface area contributed by atoms with Crippen molar-refractivity contribution in [2.24, 2.45) is 5.41 Å². The molecule has 2 aromatic rings. The van der Waals surface area contributed by atoms with Gasteiger partial charge in [0.05, 0.1) is 10.4 Å². The number of halogens is 1. The van der Waals surface area contributed by atoms with Crippen molar-refractivity contribution in [3.63, 3.8) is 0 Å². The number of carbonyl (C=O) groups is 3. The molecule has 1 aromatic heterocycles. The molecule has 138 valence electrons. The molecule has 0 saturated heterocycles. The lowest BCUT2D eigenvalue weighted by atomic mass is 9.72. The van der Waals surface area contributed by atoms with Crippen LogP contribution in [-0.4, -0.2) is 22.9 Å². The van der Waals surface area contributed by atoms with Gasteiger partial charge in [0.2, 0.25) is 5.91 Å². The average molecular weight is 395 g/mol. The van der Waals surface area contributed by atoms with E-state index >= 15 is 0 Å². The van der Waals surface area contributed by atoms with E-state index in [9.17, 15) is 19.5 Å². The van der Waals surface area contributed by atoms with Crippen LogP contribution in [0.5, 0.6) is 0 Å². The van der Waals surface area contributed by atoms with Crippen molar-refractivity contribution in [1.29, 1.82) is 0 Å². The van der Waals surface area contributed by atoms with Crippen LogP contribution < -0.4 is 10.9 Å². The van der Waals surface area contributed by atoms with E-state index in [0.717, 1.165) is 29.3 Å². The Balaban J connectivity index is 1.64. The molecule has 0 unspecified atom stereocenters. The van der Waals surface area contributed by atoms with Crippen molar-refractivity contribution >= 4 is 50.8 Å². The van der Waals surface area contributed by atoms with Gasteiger partial charge in [-0.3, -0.25) is 25.2 Å². The van der Waals surface area contributed by atoms with Crippen LogP contribution in [-0.2, 0) is 9.59 Å². The molecule has 0 atom stereocenters. The molecule has 26 heavy (non-hydrogen) atoms. The van der Waals surface area contributed by atoms with Gasteiger partial charge < -0.3 is 5.11 Å². The number of hydrogen-bond donors (Lipinski definition) is 3. The highest BCUT2D eigenvalue weighted by molar-refractivity contribution is 7.21. The van der Waals surface area contributed by atoms with E-state index < -0.39 is 23.2 Å². The van der Waals surface area contributed by atoms with E-state index in [1.165, 1.54) is 11.3 Å². The fourth-order valence-corrected chi connectivity index (χ4v) is 4.80. The highest BCUT2D eigenvalue weighted by Gasteiger charge is 2.41. The zero-order valence-electron chi connectivity index (χ0n) is 14.0. The minimum atomic E-state index is -1.04. The summed E-state index contributed by atoms with van der Waals surface area (Å²) in [6, 6.07) is 7.37. The summed E-state index contributed by atoms with van der Waals surface area (Å²) in [5.41, 5.74) is 3.63. The van der Waals surface area contributed by atoms with E-state index in [-0.39, 0.29) is 6.42 Å². The largest absolute Gasteiger partial charge is 0.481 e. The molecule has 1 heterocycles. The van der Waals surface area contributed by atoms with Gasteiger partial charge in [0.15, 0.2) is 0 Å². The molecule has 3 rings (SSSR count). The Hall–Kier alpha value is -2.12. The number of rotatable bonds is 4. The summed E-state index contributed by atoms with van der Waals surface area (Å²) >= 11 is 7.48. The Bertz CT molecular complexity index is 858. The van der Waals surface area contributed by atoms with Crippen LogP contribution in [0.2, 0.25) is 5.02 Å². The molecule has 1 aliphatic carbocycles. The van der Waals surface area contributed by atoms with Crippen LogP contribution in [0.15, 0.2) is 24.3 Å². The molecule has 2 amide bonds. The minimum Gasteiger partial charge on any atom is -0.481 e. The number of nitrogens with one attached hydrogen (secondary N) is 2. The predicted molar refractivity (Wildman–Crippen MR) is 100 cm³/mol. The minimum absolute atomic E-state index is 0.150. The molecule has 0 bridgehead atoms. The molecule has 6 nitrogen and oxygen atoms in total. The first-order chi connectivity index (χ1) is 12.4. The fourth-order valence-electron chi connectivity index (χ4n) is 3.39. The summed E-state index contributed by atoms with van der Waals surface area (Å²) in [6.45, 7) is 0. The standard InChI is InChI=1S/C18H19ClN2O4S/c19-14-11-6-2-3-7-12(11)26-15(14)16(23)21-20-13(22)10-18(17(24)25)8-4-1-5-9-18/h2-3,6-7H,1,4-5,8-10H2,(H,20,22)(H,21,23)(H,24,25). The first-order valence-electron chi connectivity index (χ1n) is 8.42. The van der Waals surface area contributed by atoms with Gasteiger partial charge in [-0.2, -0.15) is 0 Å². The lowest BCUT2D eigenvalue weighted by Gasteiger charge is -2.32. The van der Waals surface area contributed by atoms with Crippen molar-refractivity contribution < 1.29 is 19.5 Å². The Morgan fingerprint density at radius 3 is 2.46 bits per heavy atom. The lowest BCUT2D eigenvalue weighted by Crippen LogP contribution is -2.45. The fraction of sp³-hybridized carbons (Fsp3) is 0.389. The van der Waals surface area contributed by atoms with Gasteiger partial charge in [0.25, 0.3) is 5.91 Å². The normalized spacial score (nSPS) is 16.2. The van der Waals surface area contributed by atoms with Crippen molar-refractivity contribution in [3.8, 4) is 0 Å². The Kier molecular flexibility index (Phi) is 5.48. The maximum absolute atomic E-state index is 12.3. The van der Waals surface area contributed by atoms with Crippen molar-refractivity contribution in [3.05, 3.63) is 34.2 Å². The monoisotopic (exact) mass is 394 g/mol. The van der Waals surface area contributed by atoms with Crippen LogP contribution in [0.4, 0.5) is 0 Å². The summed E-state index contributed by atoms with van der Waals surface area (Å²) in [7, 11) is 0. The summed E-state index contributed by atoms with van der Waals surface area (Å²) in [4.78, 5) is 36.5. The first kappa shape index (κ1) is 18.7. The summed E-state index contributed by atoms with van der Waals surface area (Å²) in [5, 5.41) is 10.6. The second-order valence-corrected chi connectivity index (χ2v) is 8.00. The highest BCUT2D eigenvalue weighted by Crippen LogP contribution is 2.39. The van der Waals surface area contributed by atoms with Crippen molar-refractivity contribution in [2.75, 3.05) is 0 Å². The molecule has 0 aliphatic heterocycles. The van der Waals surface area contributed by atoms with E-state index in [2.05, 4.69) is 10.9 Å². The van der Waals surface area contributed by atoms with Crippen molar-refractivity contribution in [2.45, 2.75) is 38.5 Å². The van der Waals surface area contributed by atoms with Crippen LogP contribution in [0.3, 0.4) is 0 Å². The number of carboxylic acids is 1. The number of carboxylic acid groups (broad SMARTS) is 1. The highest BCUT2D eigenvalue weighted by atomic mass is 35.5. The third-order valence-corrected chi connectivity index (χ3v) is 6.49. The summed E-state index contributed by atoms with van der Waals surface area (Å²) in [6.07, 6.45) is 3.38. The lowest BCUT2D eigenvalue weighted by molar-refractivity contribution is -0.154. The molecule has 0 radical (unpaired) electrons. The molecular weight excluding hydrogens is 376 g/mol. The summed E-state index contributed by atoms with van der Waals surface area (Å²) < 4.78 is 0.876. The Labute approximate surface area is 159 Å². The number of thiophene rings is 1. The zero-order chi connectivity index (χ0) is 18.7. The third kappa shape index (κ3) is 3.68. The Morgan fingerprint density at radius 1 is 1.12 bits per heavy atom. The van der Waals surface area contributed by atoms with Gasteiger partial charge >= 0.3 is 5.97 Å². The number of benzene rings is 1. The smallest absolute Gasteiger partial charge is 0.310 e. The Morgan fingerprint density at radius 2 is 1.81 bits per heavy atom. The maximum Gasteiger partial charge on any atom is 0.310 e. The van der Waals surface area contributed by atoms with Gasteiger partial charge in [0.1, 0.15) is 4.88 Å². The van der Waals surface area contributed by atoms with Gasteiger partial charge in [-0.15, -0.1) is 11.3 Å². The first-order valence-corrected chi connectivity index (χ1v) is 9.62. The number of amides is 2. The molecule has 8 heteroatoms. The van der Waals surface area contributed by atoms with E-state index in [4.69, 9.17) is 11.6 Å². The maximum atomic E-state index is 12.3. The summed E-state index contributed by atoms with van der Waals surface area (Å²) in [5.74, 6) is -1.98. The van der Waals surface area contributed by atoms with Crippen molar-refractivity contribution in [1.82, 2.24) is 10.9 Å². The number of hydrazine groups is 1. The zero-order valence-corrected chi connectivity index (χ0v) is 15.6. The van der Waals surface area contributed by atoms with E-state index in [1.807, 2.05) is 24.3 Å². The number of hydrogen-bond acceptors (Lipinski definition) is 4. The molecule has 3 N–H and O–H groups in total. The molecule has 1 aromatic carbocycles. The second-order valence-electron chi connectivity index (χ2n) is 6.57. The topological polar surface area (TPSA) is 95.5 Å². The van der Waals surface area contributed by atoms with Crippen LogP contribution in [0.1, 0.15) is 48.2 Å². The number of fused-ring (bicyclic) bond motifs is 1. The van der Waals surface area contributed by atoms with Gasteiger partial charge in [-0.05, 0) is 18.9 Å². The van der Waals surface area contributed by atoms with Crippen LogP contribution in [0.25, 0.3) is 10.1 Å². The molecule has 0 spiro atoms. The van der Waals surface area contributed by atoms with E-state index in [1.54, 1.807) is 0 Å². The van der Waals surface area contributed by atoms with Gasteiger partial charge in [-0.25, -0.2) is 0 Å². The number of carbonyl (C=O) groups excluding carboxylic acids is 2. The quantitative estimate of drug-likeness (QED) is 0.688. The van der Waals surface area contributed by atoms with Crippen LogP contribution in [0, 0.1) is 5.41 Å². The molecule has 1 saturated carbocycles. The third-order valence-electron chi connectivity index (χ3n) is 4.82. The predicted octanol–water partition coefficient (Wildman–Crippen LogP) is 3.74. The van der Waals surface area contributed by atoms with Crippen LogP contribution >= 0.6 is 22.9 Å². The molecule has 1 fully saturated rings. The van der Waals surface area contributed by atoms with Gasteiger partial charge in [0, 0.05) is 16.5 Å². The van der Waals surface area contributed by atoms with Gasteiger partial charge in [-0.1, -0.05) is 49.1 Å².